The Morgan fingerprint density at radius 3 is 3.25 bits per heavy atom. The fourth-order valence-electron chi connectivity index (χ4n) is 1.93. The molecular weight excluding hydrogens is 206 g/mol. The van der Waals surface area contributed by atoms with Crippen molar-refractivity contribution in [2.45, 2.75) is 18.9 Å². The molecule has 2 aromatic rings. The fraction of sp³-hybridized carbons (Fsp3) is 0.400. The van der Waals surface area contributed by atoms with E-state index in [2.05, 4.69) is 20.6 Å². The highest BCUT2D eigenvalue weighted by Crippen LogP contribution is 2.18. The summed E-state index contributed by atoms with van der Waals surface area (Å²) in [5, 5.41) is 15.3. The number of rotatable bonds is 1. The summed E-state index contributed by atoms with van der Waals surface area (Å²) < 4.78 is 1.62. The molecule has 82 valence electrons. The molecule has 1 aliphatic heterocycles. The van der Waals surface area contributed by atoms with Crippen molar-refractivity contribution in [3.05, 3.63) is 24.2 Å². The molecule has 1 N–H and O–H groups in total. The Morgan fingerprint density at radius 1 is 1.44 bits per heavy atom. The van der Waals surface area contributed by atoms with Crippen LogP contribution in [0.4, 0.5) is 0 Å². The zero-order valence-corrected chi connectivity index (χ0v) is 8.63. The van der Waals surface area contributed by atoms with Crippen LogP contribution >= 0.6 is 0 Å². The van der Waals surface area contributed by atoms with Crippen LogP contribution < -0.4 is 5.32 Å². The molecule has 3 heterocycles. The van der Waals surface area contributed by atoms with Crippen LogP contribution in [-0.4, -0.2) is 32.1 Å². The van der Waals surface area contributed by atoms with Gasteiger partial charge < -0.3 is 5.32 Å². The number of nitrogens with one attached hydrogen (secondary N) is 1. The lowest BCUT2D eigenvalue weighted by atomic mass is 10.0. The Hall–Kier alpha value is -1.82. The Labute approximate surface area is 91.7 Å². The van der Waals surface area contributed by atoms with Gasteiger partial charge in [0.1, 0.15) is 12.1 Å². The molecule has 6 nitrogen and oxygen atoms in total. The third kappa shape index (κ3) is 1.57. The Balaban J connectivity index is 1.95. The number of piperidine rings is 1. The van der Waals surface area contributed by atoms with Crippen LogP contribution in [0.15, 0.2) is 18.5 Å². The van der Waals surface area contributed by atoms with E-state index in [1.165, 1.54) is 0 Å². The van der Waals surface area contributed by atoms with E-state index in [4.69, 9.17) is 0 Å². The first-order chi connectivity index (χ1) is 7.83. The molecule has 0 bridgehead atoms. The second-order valence-corrected chi connectivity index (χ2v) is 3.89. The highest BCUT2D eigenvalue weighted by Gasteiger charge is 2.21. The third-order valence-corrected chi connectivity index (χ3v) is 2.77. The van der Waals surface area contributed by atoms with Crippen LogP contribution in [0.2, 0.25) is 0 Å². The van der Waals surface area contributed by atoms with Crippen molar-refractivity contribution in [1.82, 2.24) is 25.1 Å². The summed E-state index contributed by atoms with van der Waals surface area (Å²) in [4.78, 5) is 11.4. The average Bonchev–Trinajstić information content (AvgIpc) is 2.75. The quantitative estimate of drug-likeness (QED) is 0.734. The first-order valence-corrected chi connectivity index (χ1v) is 5.25. The van der Waals surface area contributed by atoms with E-state index < -0.39 is 0 Å². The topological polar surface area (TPSA) is 72.2 Å². The van der Waals surface area contributed by atoms with Crippen LogP contribution in [-0.2, 0) is 4.79 Å². The maximum atomic E-state index is 11.4. The number of hydrogen-bond donors (Lipinski definition) is 1. The van der Waals surface area contributed by atoms with E-state index in [-0.39, 0.29) is 11.8 Å². The number of nitrogens with zero attached hydrogens (tertiary/aromatic N) is 4. The SMILES string of the molecule is O=C1CCNC(c2ccc3nncn3n2)C1. The van der Waals surface area contributed by atoms with Crippen LogP contribution in [0.1, 0.15) is 24.6 Å². The lowest BCUT2D eigenvalue weighted by molar-refractivity contribution is -0.120. The fourth-order valence-corrected chi connectivity index (χ4v) is 1.93. The second-order valence-electron chi connectivity index (χ2n) is 3.89. The second kappa shape index (κ2) is 3.64. The summed E-state index contributed by atoms with van der Waals surface area (Å²) >= 11 is 0. The molecule has 3 rings (SSSR count). The number of hydrogen-bond acceptors (Lipinski definition) is 5. The molecule has 1 unspecified atom stereocenters. The molecule has 0 aliphatic carbocycles. The monoisotopic (exact) mass is 217 g/mol. The van der Waals surface area contributed by atoms with Crippen molar-refractivity contribution >= 4 is 11.4 Å². The van der Waals surface area contributed by atoms with E-state index in [1.807, 2.05) is 12.1 Å². The van der Waals surface area contributed by atoms with E-state index in [0.717, 1.165) is 12.2 Å². The number of carbonyl (C=O) groups excluding carboxylic acids is 1. The lowest BCUT2D eigenvalue weighted by Gasteiger charge is -2.21. The Kier molecular flexibility index (Phi) is 2.14. The Bertz CT molecular complexity index is 535. The van der Waals surface area contributed by atoms with Crippen LogP contribution in [0, 0.1) is 0 Å². The summed E-state index contributed by atoms with van der Waals surface area (Å²) in [5.74, 6) is 0.286. The van der Waals surface area contributed by atoms with Gasteiger partial charge in [0, 0.05) is 19.4 Å². The van der Waals surface area contributed by atoms with Gasteiger partial charge in [-0.15, -0.1) is 10.2 Å². The summed E-state index contributed by atoms with van der Waals surface area (Å²) in [6.07, 6.45) is 2.69. The van der Waals surface area contributed by atoms with E-state index >= 15 is 0 Å². The predicted octanol–water partition coefficient (Wildman–Crippen LogP) is 0.118. The zero-order valence-electron chi connectivity index (χ0n) is 8.63. The molecule has 0 aromatic carbocycles. The van der Waals surface area contributed by atoms with Gasteiger partial charge in [0.2, 0.25) is 0 Å². The van der Waals surface area contributed by atoms with Crippen molar-refractivity contribution in [2.75, 3.05) is 6.54 Å². The maximum absolute atomic E-state index is 11.4. The van der Waals surface area contributed by atoms with Gasteiger partial charge in [-0.05, 0) is 12.1 Å². The van der Waals surface area contributed by atoms with Gasteiger partial charge in [0.15, 0.2) is 5.65 Å². The van der Waals surface area contributed by atoms with Crippen LogP contribution in [0.3, 0.4) is 0 Å². The predicted molar refractivity (Wildman–Crippen MR) is 55.8 cm³/mol. The molecule has 0 radical (unpaired) electrons. The molecule has 6 heteroatoms. The Morgan fingerprint density at radius 2 is 2.38 bits per heavy atom. The standard InChI is InChI=1S/C10H11N5O/c16-7-3-4-11-9(5-7)8-1-2-10-13-12-6-15(10)14-8/h1-2,6,9,11H,3-5H2. The van der Waals surface area contributed by atoms with Gasteiger partial charge in [-0.2, -0.15) is 5.10 Å². The van der Waals surface area contributed by atoms with Crippen molar-refractivity contribution in [3.63, 3.8) is 0 Å². The molecule has 16 heavy (non-hydrogen) atoms. The number of aromatic nitrogens is 4. The van der Waals surface area contributed by atoms with Crippen LogP contribution in [0.25, 0.3) is 5.65 Å². The van der Waals surface area contributed by atoms with Gasteiger partial charge in [-0.3, -0.25) is 4.79 Å². The normalized spacial score (nSPS) is 21.5. The molecule has 0 amide bonds. The summed E-state index contributed by atoms with van der Waals surface area (Å²) in [6.45, 7) is 0.728. The highest BCUT2D eigenvalue weighted by atomic mass is 16.1. The average molecular weight is 217 g/mol. The molecular formula is C10H11N5O. The minimum Gasteiger partial charge on any atom is -0.308 e. The van der Waals surface area contributed by atoms with Crippen molar-refractivity contribution in [2.24, 2.45) is 0 Å². The molecule has 0 spiro atoms. The van der Waals surface area contributed by atoms with Gasteiger partial charge in [-0.25, -0.2) is 4.52 Å². The molecule has 1 saturated heterocycles. The summed E-state index contributed by atoms with van der Waals surface area (Å²) in [7, 11) is 0. The first kappa shape index (κ1) is 9.41. The van der Waals surface area contributed by atoms with Crippen molar-refractivity contribution in [3.8, 4) is 0 Å². The molecule has 1 aliphatic rings. The van der Waals surface area contributed by atoms with Gasteiger partial charge in [0.05, 0.1) is 11.7 Å². The smallest absolute Gasteiger partial charge is 0.177 e. The van der Waals surface area contributed by atoms with E-state index in [0.29, 0.717) is 18.5 Å². The van der Waals surface area contributed by atoms with Gasteiger partial charge in [0.25, 0.3) is 0 Å². The number of fused-ring (bicyclic) bond motifs is 1. The minimum absolute atomic E-state index is 0.0213. The van der Waals surface area contributed by atoms with Crippen molar-refractivity contribution in [1.29, 1.82) is 0 Å². The summed E-state index contributed by atoms with van der Waals surface area (Å²) in [5.41, 5.74) is 1.58. The number of carbonyl (C=O) groups is 1. The molecule has 0 saturated carbocycles. The first-order valence-electron chi connectivity index (χ1n) is 5.25. The maximum Gasteiger partial charge on any atom is 0.177 e. The van der Waals surface area contributed by atoms with Crippen molar-refractivity contribution < 1.29 is 4.79 Å². The number of Topliss-reactive ketones (excluding diaryl/α,β-unsaturated/α-hetero) is 1. The molecule has 2 aromatic heterocycles. The third-order valence-electron chi connectivity index (χ3n) is 2.77. The zero-order chi connectivity index (χ0) is 11.0. The highest BCUT2D eigenvalue weighted by molar-refractivity contribution is 5.80. The molecule has 1 fully saturated rings. The van der Waals surface area contributed by atoms with E-state index in [9.17, 15) is 4.79 Å². The molecule has 1 atom stereocenters. The van der Waals surface area contributed by atoms with Gasteiger partial charge in [-0.1, -0.05) is 0 Å². The number of ketones is 1. The van der Waals surface area contributed by atoms with E-state index in [1.54, 1.807) is 10.8 Å². The lowest BCUT2D eigenvalue weighted by Crippen LogP contribution is -2.32. The summed E-state index contributed by atoms with van der Waals surface area (Å²) in [6, 6.07) is 3.77. The van der Waals surface area contributed by atoms with Gasteiger partial charge >= 0.3 is 0 Å². The largest absolute Gasteiger partial charge is 0.308 e. The van der Waals surface area contributed by atoms with Crippen LogP contribution in [0.5, 0.6) is 0 Å². The minimum atomic E-state index is 0.0213.